The van der Waals surface area contributed by atoms with Gasteiger partial charge in [0.1, 0.15) is 11.2 Å². The summed E-state index contributed by atoms with van der Waals surface area (Å²) in [4.78, 5) is 7.43. The number of aryl methyl sites for hydroxylation is 1. The summed E-state index contributed by atoms with van der Waals surface area (Å²) >= 11 is 13.5. The molecule has 2 heterocycles. The molecule has 0 radical (unpaired) electrons. The Morgan fingerprint density at radius 3 is 2.35 bits per heavy atom. The topological polar surface area (TPSA) is 46.5 Å². The standard InChI is InChI=1S/C13H9Cl2F3N4S/c1-5-9-11(20-12(19-9)23-2)22(21-5)10-7(14)3-6(4-8(10)15)13(16,17)18/h3-4H,1-2H3,(H,19,20). The van der Waals surface area contributed by atoms with Crippen LogP contribution in [-0.2, 0) is 6.18 Å². The summed E-state index contributed by atoms with van der Waals surface area (Å²) in [6, 6.07) is 1.65. The molecule has 3 rings (SSSR count). The molecule has 0 saturated heterocycles. The molecule has 0 saturated carbocycles. The number of nitrogens with one attached hydrogen (secondary N) is 1. The van der Waals surface area contributed by atoms with Gasteiger partial charge < -0.3 is 4.98 Å². The Balaban J connectivity index is 2.25. The fourth-order valence-electron chi connectivity index (χ4n) is 2.18. The summed E-state index contributed by atoms with van der Waals surface area (Å²) in [5.41, 5.74) is 1.03. The van der Waals surface area contributed by atoms with Crippen LogP contribution >= 0.6 is 35.0 Å². The minimum atomic E-state index is -4.53. The van der Waals surface area contributed by atoms with Crippen LogP contribution in [-0.4, -0.2) is 26.0 Å². The quantitative estimate of drug-likeness (QED) is 0.628. The average molecular weight is 381 g/mol. The Kier molecular flexibility index (Phi) is 4.02. The summed E-state index contributed by atoms with van der Waals surface area (Å²) in [6.07, 6.45) is -2.68. The maximum atomic E-state index is 12.8. The van der Waals surface area contributed by atoms with E-state index in [4.69, 9.17) is 23.2 Å². The molecule has 0 spiro atoms. The van der Waals surface area contributed by atoms with Gasteiger partial charge in [-0.05, 0) is 25.3 Å². The third kappa shape index (κ3) is 2.79. The van der Waals surface area contributed by atoms with Crippen LogP contribution in [0.4, 0.5) is 13.2 Å². The highest BCUT2D eigenvalue weighted by Crippen LogP contribution is 2.38. The van der Waals surface area contributed by atoms with Gasteiger partial charge in [0.05, 0.1) is 21.3 Å². The van der Waals surface area contributed by atoms with Crippen molar-refractivity contribution in [3.05, 3.63) is 33.4 Å². The van der Waals surface area contributed by atoms with Crippen molar-refractivity contribution in [2.45, 2.75) is 18.3 Å². The average Bonchev–Trinajstić information content (AvgIpc) is 2.98. The summed E-state index contributed by atoms with van der Waals surface area (Å²) in [7, 11) is 0. The molecule has 0 aliphatic rings. The fraction of sp³-hybridized carbons (Fsp3) is 0.231. The largest absolute Gasteiger partial charge is 0.416 e. The van der Waals surface area contributed by atoms with Gasteiger partial charge in [-0.2, -0.15) is 18.3 Å². The molecule has 0 unspecified atom stereocenters. The van der Waals surface area contributed by atoms with Crippen molar-refractivity contribution in [2.75, 3.05) is 6.26 Å². The fourth-order valence-corrected chi connectivity index (χ4v) is 3.21. The third-order valence-electron chi connectivity index (χ3n) is 3.22. The highest BCUT2D eigenvalue weighted by atomic mass is 35.5. The predicted molar refractivity (Wildman–Crippen MR) is 84.8 cm³/mol. The van der Waals surface area contributed by atoms with Crippen molar-refractivity contribution in [3.63, 3.8) is 0 Å². The van der Waals surface area contributed by atoms with E-state index in [9.17, 15) is 13.2 Å². The first-order valence-corrected chi connectivity index (χ1v) is 8.26. The number of nitrogens with zero attached hydrogens (tertiary/aromatic N) is 3. The van der Waals surface area contributed by atoms with E-state index in [2.05, 4.69) is 15.1 Å². The van der Waals surface area contributed by atoms with Crippen LogP contribution in [0.15, 0.2) is 17.3 Å². The van der Waals surface area contributed by atoms with Gasteiger partial charge in [-0.15, -0.1) is 0 Å². The molecule has 4 nitrogen and oxygen atoms in total. The maximum absolute atomic E-state index is 12.8. The van der Waals surface area contributed by atoms with Crippen molar-refractivity contribution in [1.29, 1.82) is 0 Å². The number of hydrogen-bond acceptors (Lipinski definition) is 3. The minimum Gasteiger partial charge on any atom is -0.330 e. The number of benzene rings is 1. The number of aromatic nitrogens is 4. The number of rotatable bonds is 2. The highest BCUT2D eigenvalue weighted by Gasteiger charge is 2.32. The number of alkyl halides is 3. The Morgan fingerprint density at radius 2 is 1.83 bits per heavy atom. The van der Waals surface area contributed by atoms with E-state index in [1.54, 1.807) is 6.92 Å². The van der Waals surface area contributed by atoms with Crippen LogP contribution in [0, 0.1) is 6.92 Å². The van der Waals surface area contributed by atoms with Crippen LogP contribution in [0.3, 0.4) is 0 Å². The number of hydrogen-bond donors (Lipinski definition) is 1. The first kappa shape index (κ1) is 16.5. The van der Waals surface area contributed by atoms with Crippen molar-refractivity contribution in [1.82, 2.24) is 19.7 Å². The Morgan fingerprint density at radius 1 is 1.22 bits per heavy atom. The number of thioether (sulfide) groups is 1. The molecule has 10 heteroatoms. The van der Waals surface area contributed by atoms with Crippen LogP contribution in [0.25, 0.3) is 16.9 Å². The van der Waals surface area contributed by atoms with Crippen molar-refractivity contribution in [3.8, 4) is 5.69 Å². The molecule has 0 atom stereocenters. The summed E-state index contributed by atoms with van der Waals surface area (Å²) < 4.78 is 39.8. The second kappa shape index (κ2) is 5.61. The molecule has 0 fully saturated rings. The van der Waals surface area contributed by atoms with Gasteiger partial charge in [-0.1, -0.05) is 35.0 Å². The van der Waals surface area contributed by atoms with Gasteiger partial charge in [-0.3, -0.25) is 0 Å². The number of imidazole rings is 1. The van der Waals surface area contributed by atoms with E-state index < -0.39 is 11.7 Å². The maximum Gasteiger partial charge on any atom is 0.416 e. The lowest BCUT2D eigenvalue weighted by Crippen LogP contribution is -2.07. The molecule has 0 bridgehead atoms. The molecule has 23 heavy (non-hydrogen) atoms. The molecular formula is C13H9Cl2F3N4S. The number of aromatic amines is 1. The van der Waals surface area contributed by atoms with Gasteiger partial charge >= 0.3 is 6.18 Å². The molecule has 122 valence electrons. The van der Waals surface area contributed by atoms with E-state index >= 15 is 0 Å². The Bertz CT molecular complexity index is 878. The lowest BCUT2D eigenvalue weighted by Gasteiger charge is -2.12. The normalized spacial score (nSPS) is 12.3. The zero-order valence-corrected chi connectivity index (χ0v) is 14.1. The first-order chi connectivity index (χ1) is 10.7. The van der Waals surface area contributed by atoms with Crippen LogP contribution in [0.5, 0.6) is 0 Å². The summed E-state index contributed by atoms with van der Waals surface area (Å²) in [6.45, 7) is 1.76. The summed E-state index contributed by atoms with van der Waals surface area (Å²) in [5, 5.41) is 4.63. The second-order valence-electron chi connectivity index (χ2n) is 4.73. The molecule has 1 N–H and O–H groups in total. The van der Waals surface area contributed by atoms with E-state index in [-0.39, 0.29) is 15.7 Å². The van der Waals surface area contributed by atoms with Crippen LogP contribution < -0.4 is 0 Å². The Hall–Kier alpha value is -1.38. The van der Waals surface area contributed by atoms with E-state index in [1.807, 2.05) is 6.26 Å². The zero-order chi connectivity index (χ0) is 16.9. The second-order valence-corrected chi connectivity index (χ2v) is 6.34. The molecule has 0 amide bonds. The van der Waals surface area contributed by atoms with Gasteiger partial charge in [0.15, 0.2) is 10.8 Å². The first-order valence-electron chi connectivity index (χ1n) is 6.28. The van der Waals surface area contributed by atoms with Crippen molar-refractivity contribution < 1.29 is 13.2 Å². The number of H-pyrrole nitrogens is 1. The van der Waals surface area contributed by atoms with Crippen LogP contribution in [0.2, 0.25) is 10.0 Å². The summed E-state index contributed by atoms with van der Waals surface area (Å²) in [5.74, 6) is 0. The highest BCUT2D eigenvalue weighted by molar-refractivity contribution is 7.98. The monoisotopic (exact) mass is 380 g/mol. The van der Waals surface area contributed by atoms with Crippen molar-refractivity contribution >= 4 is 46.1 Å². The van der Waals surface area contributed by atoms with E-state index in [0.29, 0.717) is 22.0 Å². The molecule has 0 aliphatic heterocycles. The van der Waals surface area contributed by atoms with Crippen LogP contribution in [0.1, 0.15) is 11.3 Å². The van der Waals surface area contributed by atoms with Gasteiger partial charge in [0.25, 0.3) is 0 Å². The molecule has 3 aromatic rings. The SMILES string of the molecule is CSc1nc2c([nH]1)c(C)nn2-c1c(Cl)cc(C(F)(F)F)cc1Cl. The lowest BCUT2D eigenvalue weighted by molar-refractivity contribution is -0.137. The minimum absolute atomic E-state index is 0.150. The van der Waals surface area contributed by atoms with Crippen molar-refractivity contribution in [2.24, 2.45) is 0 Å². The predicted octanol–water partition coefficient (Wildman–Crippen LogP) is 5.10. The molecule has 0 aliphatic carbocycles. The van der Waals surface area contributed by atoms with E-state index in [1.165, 1.54) is 16.4 Å². The third-order valence-corrected chi connectivity index (χ3v) is 4.38. The van der Waals surface area contributed by atoms with Gasteiger partial charge in [0.2, 0.25) is 0 Å². The zero-order valence-electron chi connectivity index (χ0n) is 11.8. The molecule has 1 aromatic carbocycles. The molecule has 2 aromatic heterocycles. The number of fused-ring (bicyclic) bond motifs is 1. The Labute approximate surface area is 143 Å². The number of halogens is 5. The lowest BCUT2D eigenvalue weighted by atomic mass is 10.2. The van der Waals surface area contributed by atoms with E-state index in [0.717, 1.165) is 12.1 Å². The van der Waals surface area contributed by atoms with Gasteiger partial charge in [-0.25, -0.2) is 9.67 Å². The smallest absolute Gasteiger partial charge is 0.330 e. The van der Waals surface area contributed by atoms with Gasteiger partial charge in [0, 0.05) is 0 Å². The molecular weight excluding hydrogens is 372 g/mol.